The zero-order chi connectivity index (χ0) is 19.4. The van der Waals surface area contributed by atoms with Crippen molar-refractivity contribution in [2.75, 3.05) is 31.2 Å². The predicted molar refractivity (Wildman–Crippen MR) is 107 cm³/mol. The first kappa shape index (κ1) is 19.6. The summed E-state index contributed by atoms with van der Waals surface area (Å²) in [6.45, 7) is 1.43. The van der Waals surface area contributed by atoms with Crippen LogP contribution in [0, 0.1) is 0 Å². The maximum Gasteiger partial charge on any atom is 0.261 e. The average Bonchev–Trinajstić information content (AvgIpc) is 3.22. The largest absolute Gasteiger partial charge is 0.497 e. The van der Waals surface area contributed by atoms with Gasteiger partial charge in [0, 0.05) is 23.7 Å². The summed E-state index contributed by atoms with van der Waals surface area (Å²) in [5.41, 5.74) is 0.860. The maximum atomic E-state index is 12.8. The Bertz CT molecular complexity index is 921. The molecule has 0 aliphatic carbocycles. The van der Waals surface area contributed by atoms with Crippen LogP contribution in [0.4, 0.5) is 5.69 Å². The van der Waals surface area contributed by atoms with E-state index in [0.29, 0.717) is 30.1 Å². The molecule has 27 heavy (non-hydrogen) atoms. The summed E-state index contributed by atoms with van der Waals surface area (Å²) in [5.74, 6) is 0.527. The highest BCUT2D eigenvalue weighted by atomic mass is 32.2. The first-order chi connectivity index (χ1) is 12.9. The molecule has 144 valence electrons. The molecule has 1 aliphatic heterocycles. The Morgan fingerprint density at radius 3 is 2.37 bits per heavy atom. The highest BCUT2D eigenvalue weighted by Gasteiger charge is 2.24. The summed E-state index contributed by atoms with van der Waals surface area (Å²) in [6, 6.07) is 11.3. The zero-order valence-electron chi connectivity index (χ0n) is 15.3. The molecule has 1 amide bonds. The van der Waals surface area contributed by atoms with Gasteiger partial charge >= 0.3 is 0 Å². The van der Waals surface area contributed by atoms with Crippen LogP contribution in [0.5, 0.6) is 5.75 Å². The minimum absolute atomic E-state index is 0.0682. The van der Waals surface area contributed by atoms with Crippen LogP contribution in [0.2, 0.25) is 0 Å². The van der Waals surface area contributed by atoms with Crippen molar-refractivity contribution in [3.8, 4) is 5.75 Å². The van der Waals surface area contributed by atoms with E-state index in [1.165, 1.54) is 23.9 Å². The highest BCUT2D eigenvalue weighted by molar-refractivity contribution is 7.98. The van der Waals surface area contributed by atoms with Gasteiger partial charge in [-0.15, -0.1) is 11.8 Å². The smallest absolute Gasteiger partial charge is 0.261 e. The number of methoxy groups -OCH3 is 1. The second-order valence-electron chi connectivity index (χ2n) is 6.20. The van der Waals surface area contributed by atoms with Crippen molar-refractivity contribution in [1.82, 2.24) is 4.90 Å². The summed E-state index contributed by atoms with van der Waals surface area (Å²) in [7, 11) is -2.26. The Labute approximate surface area is 164 Å². The molecule has 8 heteroatoms. The number of benzene rings is 2. The molecule has 1 saturated heterocycles. The second kappa shape index (κ2) is 8.22. The normalized spacial score (nSPS) is 14.2. The van der Waals surface area contributed by atoms with Crippen LogP contribution in [0.3, 0.4) is 0 Å². The number of sulfonamides is 1. The van der Waals surface area contributed by atoms with Crippen LogP contribution in [0.15, 0.2) is 52.3 Å². The predicted octanol–water partition coefficient (Wildman–Crippen LogP) is 3.45. The number of nitrogens with zero attached hydrogens (tertiary/aromatic N) is 1. The molecule has 0 atom stereocenters. The van der Waals surface area contributed by atoms with E-state index < -0.39 is 10.0 Å². The SMILES string of the molecule is COc1ccc(NS(=O)(=O)c2ccc(SC)c(C(=O)N3CCCC3)c2)cc1. The van der Waals surface area contributed by atoms with Crippen molar-refractivity contribution in [2.45, 2.75) is 22.6 Å². The molecule has 2 aromatic carbocycles. The fourth-order valence-corrected chi connectivity index (χ4v) is 4.64. The zero-order valence-corrected chi connectivity index (χ0v) is 16.9. The van der Waals surface area contributed by atoms with Crippen LogP contribution in [0.1, 0.15) is 23.2 Å². The molecule has 1 fully saturated rings. The lowest BCUT2D eigenvalue weighted by atomic mass is 10.2. The van der Waals surface area contributed by atoms with Crippen molar-refractivity contribution in [3.63, 3.8) is 0 Å². The summed E-state index contributed by atoms with van der Waals surface area (Å²) in [5, 5.41) is 0. The molecule has 0 saturated carbocycles. The number of carbonyl (C=O) groups is 1. The van der Waals surface area contributed by atoms with E-state index in [-0.39, 0.29) is 10.8 Å². The molecule has 1 heterocycles. The average molecular weight is 407 g/mol. The number of carbonyl (C=O) groups excluding carboxylic acids is 1. The molecule has 0 spiro atoms. The summed E-state index contributed by atoms with van der Waals surface area (Å²) in [6.07, 6.45) is 3.84. The highest BCUT2D eigenvalue weighted by Crippen LogP contribution is 2.27. The van der Waals surface area contributed by atoms with Gasteiger partial charge in [0.15, 0.2) is 0 Å². The van der Waals surface area contributed by atoms with E-state index in [9.17, 15) is 13.2 Å². The van der Waals surface area contributed by atoms with E-state index in [2.05, 4.69) is 4.72 Å². The van der Waals surface area contributed by atoms with Crippen molar-refractivity contribution < 1.29 is 17.9 Å². The summed E-state index contributed by atoms with van der Waals surface area (Å²) >= 11 is 1.43. The molecule has 0 bridgehead atoms. The molecule has 0 unspecified atom stereocenters. The van der Waals surface area contributed by atoms with Gasteiger partial charge in [0.2, 0.25) is 0 Å². The number of nitrogens with one attached hydrogen (secondary N) is 1. The minimum atomic E-state index is -3.81. The van der Waals surface area contributed by atoms with E-state index in [4.69, 9.17) is 4.74 Å². The Morgan fingerprint density at radius 2 is 1.78 bits per heavy atom. The minimum Gasteiger partial charge on any atom is -0.497 e. The fraction of sp³-hybridized carbons (Fsp3) is 0.316. The molecule has 2 aromatic rings. The van der Waals surface area contributed by atoms with Crippen molar-refractivity contribution in [2.24, 2.45) is 0 Å². The van der Waals surface area contributed by atoms with Gasteiger partial charge in [-0.25, -0.2) is 8.42 Å². The number of anilines is 1. The monoisotopic (exact) mass is 406 g/mol. The Hall–Kier alpha value is -2.19. The standard InChI is InChI=1S/C19H22N2O4S2/c1-25-15-7-5-14(6-8-15)20-27(23,24)16-9-10-18(26-2)17(13-16)19(22)21-11-3-4-12-21/h5-10,13,20H,3-4,11-12H2,1-2H3. The number of hydrogen-bond donors (Lipinski definition) is 1. The van der Waals surface area contributed by atoms with E-state index in [0.717, 1.165) is 17.7 Å². The van der Waals surface area contributed by atoms with Crippen LogP contribution in [0.25, 0.3) is 0 Å². The quantitative estimate of drug-likeness (QED) is 0.744. The lowest BCUT2D eigenvalue weighted by Crippen LogP contribution is -2.28. The number of likely N-dealkylation sites (tertiary alicyclic amines) is 1. The number of ether oxygens (including phenoxy) is 1. The topological polar surface area (TPSA) is 75.7 Å². The van der Waals surface area contributed by atoms with Crippen molar-refractivity contribution in [1.29, 1.82) is 0 Å². The number of thioether (sulfide) groups is 1. The van der Waals surface area contributed by atoms with Gasteiger partial charge in [-0.2, -0.15) is 0 Å². The summed E-state index contributed by atoms with van der Waals surface area (Å²) < 4.78 is 33.2. The third-order valence-corrected chi connectivity index (χ3v) is 6.62. The van der Waals surface area contributed by atoms with Crippen LogP contribution in [-0.2, 0) is 10.0 Å². The Balaban J connectivity index is 1.90. The van der Waals surface area contributed by atoms with Gasteiger partial charge in [0.1, 0.15) is 5.75 Å². The van der Waals surface area contributed by atoms with Crippen molar-refractivity contribution >= 4 is 33.4 Å². The Morgan fingerprint density at radius 1 is 1.11 bits per heavy atom. The van der Waals surface area contributed by atoms with Gasteiger partial charge < -0.3 is 9.64 Å². The number of amides is 1. The van der Waals surface area contributed by atoms with E-state index in [1.54, 1.807) is 42.3 Å². The Kier molecular flexibility index (Phi) is 5.96. The first-order valence-corrected chi connectivity index (χ1v) is 11.3. The van der Waals surface area contributed by atoms with Gasteiger partial charge in [-0.05, 0) is 61.6 Å². The number of hydrogen-bond acceptors (Lipinski definition) is 5. The third kappa shape index (κ3) is 4.39. The lowest BCUT2D eigenvalue weighted by Gasteiger charge is -2.18. The molecular weight excluding hydrogens is 384 g/mol. The summed E-state index contributed by atoms with van der Waals surface area (Å²) in [4.78, 5) is 15.4. The molecule has 0 aromatic heterocycles. The molecule has 6 nitrogen and oxygen atoms in total. The number of rotatable bonds is 6. The van der Waals surface area contributed by atoms with E-state index in [1.807, 2.05) is 6.26 Å². The van der Waals surface area contributed by atoms with Gasteiger partial charge in [-0.1, -0.05) is 0 Å². The molecule has 0 radical (unpaired) electrons. The van der Waals surface area contributed by atoms with Crippen LogP contribution in [-0.4, -0.2) is 45.7 Å². The lowest BCUT2D eigenvalue weighted by molar-refractivity contribution is 0.0789. The molecular formula is C19H22N2O4S2. The van der Waals surface area contributed by atoms with Gasteiger partial charge in [0.05, 0.1) is 17.6 Å². The van der Waals surface area contributed by atoms with Gasteiger partial charge in [0.25, 0.3) is 15.9 Å². The van der Waals surface area contributed by atoms with Crippen LogP contribution >= 0.6 is 11.8 Å². The molecule has 3 rings (SSSR count). The fourth-order valence-electron chi connectivity index (χ4n) is 2.99. The van der Waals surface area contributed by atoms with Gasteiger partial charge in [-0.3, -0.25) is 9.52 Å². The maximum absolute atomic E-state index is 12.8. The molecule has 1 N–H and O–H groups in total. The van der Waals surface area contributed by atoms with E-state index >= 15 is 0 Å². The second-order valence-corrected chi connectivity index (χ2v) is 8.73. The van der Waals surface area contributed by atoms with Crippen molar-refractivity contribution in [3.05, 3.63) is 48.0 Å². The first-order valence-electron chi connectivity index (χ1n) is 8.59. The molecule has 1 aliphatic rings. The third-order valence-electron chi connectivity index (χ3n) is 4.45. The van der Waals surface area contributed by atoms with Crippen LogP contribution < -0.4 is 9.46 Å².